The van der Waals surface area contributed by atoms with E-state index in [0.29, 0.717) is 0 Å². The Kier molecular flexibility index (Phi) is 8.51. The van der Waals surface area contributed by atoms with Gasteiger partial charge in [0.15, 0.2) is 5.94 Å². The van der Waals surface area contributed by atoms with Crippen LogP contribution < -0.4 is 0 Å². The predicted molar refractivity (Wildman–Crippen MR) is 53.5 cm³/mol. The molecule has 0 atom stereocenters. The predicted octanol–water partition coefficient (Wildman–Crippen LogP) is 1.87. The number of hydrogen-bond donors (Lipinski definition) is 0. The minimum absolute atomic E-state index is 1.37. The lowest BCUT2D eigenvalue weighted by atomic mass is 10.6. The number of rotatable bonds is 0. The van der Waals surface area contributed by atoms with Crippen molar-refractivity contribution in [1.82, 2.24) is 0 Å². The fraction of sp³-hybridized carbons (Fsp3) is 0. The third kappa shape index (κ3) is 10.8. The highest BCUT2D eigenvalue weighted by atomic mass is 16.1. The molecule has 64 valence electrons. The first-order valence-corrected chi connectivity index (χ1v) is 3.56. The first-order valence-electron chi connectivity index (χ1n) is 3.56. The van der Waals surface area contributed by atoms with Crippen LogP contribution in [0.25, 0.3) is 0 Å². The Morgan fingerprint density at radius 2 is 0.867 bits per heavy atom. The first kappa shape index (κ1) is 11.8. The quantitative estimate of drug-likeness (QED) is 0.417. The fourth-order valence-electron chi connectivity index (χ4n) is 0.351. The van der Waals surface area contributed by atoms with Gasteiger partial charge in [0, 0.05) is 34.4 Å². The van der Waals surface area contributed by atoms with Crippen molar-refractivity contribution < 1.29 is 4.79 Å². The zero-order valence-corrected chi connectivity index (χ0v) is 7.62. The molecule has 0 fully saturated rings. The summed E-state index contributed by atoms with van der Waals surface area (Å²) in [6, 6.07) is 0. The molecule has 0 N–H and O–H groups in total. The van der Waals surface area contributed by atoms with Crippen molar-refractivity contribution in [2.45, 2.75) is 0 Å². The largest absolute Gasteiger partial charge is 0.223 e. The Hall–Kier alpha value is -3.19. The van der Waals surface area contributed by atoms with Crippen molar-refractivity contribution in [1.29, 1.82) is 0 Å². The van der Waals surface area contributed by atoms with E-state index in [-0.39, 0.29) is 0 Å². The van der Waals surface area contributed by atoms with Crippen molar-refractivity contribution in [3.8, 4) is 0 Å². The molecule has 0 aliphatic heterocycles. The van der Waals surface area contributed by atoms with E-state index < -0.39 is 0 Å². The maximum Gasteiger partial charge on any atom is 0.186 e. The Bertz CT molecular complexity index is 637. The zero-order chi connectivity index (χ0) is 11.2. The van der Waals surface area contributed by atoms with Crippen LogP contribution in [-0.4, -0.2) is 5.94 Å². The lowest BCUT2D eigenvalue weighted by molar-refractivity contribution is 0.569. The molecule has 0 aromatic rings. The standard InChI is InChI=1S/C14H2O/c1-2-3-4-5-6-7-8-9-10-11-12-13-14-15/h1H2. The maximum absolute atomic E-state index is 9.61. The SMILES string of the molecule is C=C=C=C=C=C=C=C=C=C=C=C=C=C=O. The average molecular weight is 186 g/mol. The molecule has 15 heavy (non-hydrogen) atoms. The van der Waals surface area contributed by atoms with Crippen molar-refractivity contribution in [2.75, 3.05) is 0 Å². The lowest BCUT2D eigenvalue weighted by Gasteiger charge is -1.39. The van der Waals surface area contributed by atoms with E-state index in [1.165, 1.54) is 5.94 Å². The first-order chi connectivity index (χ1) is 7.41. The zero-order valence-electron chi connectivity index (χ0n) is 7.62. The van der Waals surface area contributed by atoms with Crippen LogP contribution in [0.2, 0.25) is 0 Å². The lowest BCUT2D eigenvalue weighted by Crippen LogP contribution is -1.29. The summed E-state index contributed by atoms with van der Waals surface area (Å²) < 4.78 is 0. The summed E-state index contributed by atoms with van der Waals surface area (Å²) in [4.78, 5) is 9.61. The topological polar surface area (TPSA) is 17.1 Å². The van der Waals surface area contributed by atoms with Gasteiger partial charge in [-0.2, -0.15) is 0 Å². The van der Waals surface area contributed by atoms with Gasteiger partial charge in [-0.3, -0.25) is 0 Å². The molecule has 0 heterocycles. The molecule has 0 spiro atoms. The molecule has 0 aliphatic carbocycles. The summed E-state index contributed by atoms with van der Waals surface area (Å²) >= 11 is 0. The average Bonchev–Trinajstić information content (AvgIpc) is 2.26. The molecule has 0 aromatic carbocycles. The molecule has 0 saturated carbocycles. The second-order valence-corrected chi connectivity index (χ2v) is 1.65. The van der Waals surface area contributed by atoms with Gasteiger partial charge < -0.3 is 0 Å². The van der Waals surface area contributed by atoms with Gasteiger partial charge in [-0.15, -0.1) is 0 Å². The summed E-state index contributed by atoms with van der Waals surface area (Å²) in [5.41, 5.74) is 28.2. The van der Waals surface area contributed by atoms with Gasteiger partial charge in [-0.05, 0) is 35.2 Å². The third-order valence-electron chi connectivity index (χ3n) is 0.764. The molecular weight excluding hydrogens is 184 g/mol. The molecule has 0 aromatic heterocycles. The summed E-state index contributed by atoms with van der Waals surface area (Å²) in [5.74, 6) is 1.37. The van der Waals surface area contributed by atoms with Gasteiger partial charge in [0.2, 0.25) is 0 Å². The van der Waals surface area contributed by atoms with Crippen molar-refractivity contribution in [3.05, 3.63) is 75.4 Å². The van der Waals surface area contributed by atoms with Crippen LogP contribution in [-0.2, 0) is 4.79 Å². The minimum Gasteiger partial charge on any atom is -0.223 e. The van der Waals surface area contributed by atoms with Crippen LogP contribution in [0.15, 0.2) is 75.4 Å². The molecule has 0 rings (SSSR count). The Labute approximate surface area is 86.7 Å². The van der Waals surface area contributed by atoms with Crippen LogP contribution in [0.4, 0.5) is 0 Å². The van der Waals surface area contributed by atoms with Crippen LogP contribution >= 0.6 is 0 Å². The molecule has 0 bridgehead atoms. The molecule has 0 saturated heterocycles. The van der Waals surface area contributed by atoms with Gasteiger partial charge in [0.05, 0.1) is 0 Å². The van der Waals surface area contributed by atoms with Crippen molar-refractivity contribution >= 4 is 5.94 Å². The molecule has 1 nitrogen and oxygen atoms in total. The summed E-state index contributed by atoms with van der Waals surface area (Å²) in [6.07, 6.45) is 0. The van der Waals surface area contributed by atoms with Gasteiger partial charge in [0.25, 0.3) is 0 Å². The van der Waals surface area contributed by atoms with E-state index in [1.807, 2.05) is 5.73 Å². The smallest absolute Gasteiger partial charge is 0.186 e. The maximum atomic E-state index is 9.61. The van der Waals surface area contributed by atoms with Crippen LogP contribution in [0.3, 0.4) is 0 Å². The van der Waals surface area contributed by atoms with Crippen molar-refractivity contribution in [2.24, 2.45) is 0 Å². The van der Waals surface area contributed by atoms with E-state index in [9.17, 15) is 4.79 Å². The molecule has 0 aliphatic rings. The molecule has 0 radical (unpaired) electrons. The second-order valence-electron chi connectivity index (χ2n) is 1.65. The van der Waals surface area contributed by atoms with E-state index in [1.54, 1.807) is 0 Å². The van der Waals surface area contributed by atoms with E-state index in [0.717, 1.165) is 0 Å². The molecular formula is C14H2O. The third-order valence-corrected chi connectivity index (χ3v) is 0.764. The Morgan fingerprint density at radius 3 is 1.20 bits per heavy atom. The van der Waals surface area contributed by atoms with E-state index in [2.05, 4.69) is 69.6 Å². The molecule has 1 heteroatoms. The highest BCUT2D eigenvalue weighted by Gasteiger charge is 1.40. The fourth-order valence-corrected chi connectivity index (χ4v) is 0.351. The Morgan fingerprint density at radius 1 is 0.533 bits per heavy atom. The summed E-state index contributed by atoms with van der Waals surface area (Å²) in [6.45, 7) is 3.27. The highest BCUT2D eigenvalue weighted by Crippen LogP contribution is 1.55. The van der Waals surface area contributed by atoms with Gasteiger partial charge >= 0.3 is 0 Å². The highest BCUT2D eigenvalue weighted by molar-refractivity contribution is 5.43. The van der Waals surface area contributed by atoms with Gasteiger partial charge in [-0.1, -0.05) is 5.73 Å². The number of hydrogen-bond acceptors (Lipinski definition) is 1. The molecule has 0 amide bonds. The van der Waals surface area contributed by atoms with Gasteiger partial charge in [-0.25, -0.2) is 4.79 Å². The van der Waals surface area contributed by atoms with Crippen LogP contribution in [0.1, 0.15) is 0 Å². The summed E-state index contributed by atoms with van der Waals surface area (Å²) in [7, 11) is 0. The van der Waals surface area contributed by atoms with E-state index >= 15 is 0 Å². The van der Waals surface area contributed by atoms with E-state index in [4.69, 9.17) is 0 Å². The van der Waals surface area contributed by atoms with Crippen molar-refractivity contribution in [3.63, 3.8) is 0 Å². The van der Waals surface area contributed by atoms with Gasteiger partial charge in [0.1, 0.15) is 0 Å². The van der Waals surface area contributed by atoms with Crippen LogP contribution in [0.5, 0.6) is 0 Å². The minimum atomic E-state index is 1.37. The Balaban J connectivity index is 5.62. The molecule has 0 unspecified atom stereocenters. The second kappa shape index (κ2) is 10.8. The summed E-state index contributed by atoms with van der Waals surface area (Å²) in [5, 5.41) is 0. The van der Waals surface area contributed by atoms with Crippen LogP contribution in [0, 0.1) is 0 Å². The normalized spacial score (nSPS) is 3.73. The number of carbonyl (C=O) groups excluding carboxylic acids is 1. The monoisotopic (exact) mass is 186 g/mol.